The quantitative estimate of drug-likeness (QED) is 0.841. The summed E-state index contributed by atoms with van der Waals surface area (Å²) in [5.41, 5.74) is 7.42. The molecular weight excluding hydrogens is 244 g/mol. The smallest absolute Gasteiger partial charge is 0.206 e. The van der Waals surface area contributed by atoms with Crippen molar-refractivity contribution in [3.63, 3.8) is 0 Å². The van der Waals surface area contributed by atoms with Crippen LogP contribution in [-0.2, 0) is 0 Å². The summed E-state index contributed by atoms with van der Waals surface area (Å²) < 4.78 is 0. The first kappa shape index (κ1) is 14.4. The van der Waals surface area contributed by atoms with Gasteiger partial charge in [0.25, 0.3) is 0 Å². The summed E-state index contributed by atoms with van der Waals surface area (Å²) in [6.07, 6.45) is 0. The van der Waals surface area contributed by atoms with Crippen LogP contribution in [0.15, 0.2) is 24.3 Å². The van der Waals surface area contributed by atoms with Crippen LogP contribution in [0.3, 0.4) is 0 Å². The third-order valence-corrected chi connectivity index (χ3v) is 3.23. The molecule has 0 fully saturated rings. The Morgan fingerprint density at radius 2 is 1.94 bits per heavy atom. The van der Waals surface area contributed by atoms with Crippen LogP contribution in [0.4, 0.5) is 5.82 Å². The third kappa shape index (κ3) is 3.17. The highest BCUT2D eigenvalue weighted by atomic mass is 32.1. The molecule has 3 nitrogen and oxygen atoms in total. The lowest BCUT2D eigenvalue weighted by atomic mass is 10.1. The summed E-state index contributed by atoms with van der Waals surface area (Å²) in [6.45, 7) is 7.80. The average molecular weight is 262 g/mol. The number of carbonyl (C=O) groups excluding carboxylic acids is 1. The minimum absolute atomic E-state index is 0.0493. The van der Waals surface area contributed by atoms with Crippen molar-refractivity contribution in [3.8, 4) is 0 Å². The molecule has 0 unspecified atom stereocenters. The Balaban J connectivity index is 0.000000771. The number of hydrogen-bond donors (Lipinski definition) is 1. The Hall–Kier alpha value is -1.68. The molecule has 0 spiro atoms. The predicted octanol–water partition coefficient (Wildman–Crippen LogP) is 3.60. The van der Waals surface area contributed by atoms with Gasteiger partial charge in [0.15, 0.2) is 0 Å². The molecule has 0 bridgehead atoms. The van der Waals surface area contributed by atoms with Crippen LogP contribution in [-0.4, -0.2) is 10.8 Å². The van der Waals surface area contributed by atoms with E-state index in [2.05, 4.69) is 4.98 Å². The summed E-state index contributed by atoms with van der Waals surface area (Å²) in [6, 6.07) is 7.48. The number of nitrogens with two attached hydrogens (primary N) is 1. The zero-order chi connectivity index (χ0) is 13.7. The summed E-state index contributed by atoms with van der Waals surface area (Å²) >= 11 is 1.34. The van der Waals surface area contributed by atoms with Crippen LogP contribution in [0.25, 0.3) is 0 Å². The van der Waals surface area contributed by atoms with E-state index in [0.29, 0.717) is 16.3 Å². The van der Waals surface area contributed by atoms with E-state index in [9.17, 15) is 4.79 Å². The van der Waals surface area contributed by atoms with Gasteiger partial charge in [0.2, 0.25) is 5.78 Å². The van der Waals surface area contributed by atoms with Crippen LogP contribution < -0.4 is 5.73 Å². The van der Waals surface area contributed by atoms with Crippen molar-refractivity contribution in [2.75, 3.05) is 5.73 Å². The zero-order valence-corrected chi connectivity index (χ0v) is 12.0. The van der Waals surface area contributed by atoms with Crippen LogP contribution in [0.5, 0.6) is 0 Å². The molecule has 0 aliphatic carbocycles. The number of thiazole rings is 1. The highest BCUT2D eigenvalue weighted by molar-refractivity contribution is 7.14. The number of nitrogens with zero attached hydrogens (tertiary/aromatic N) is 1. The number of rotatable bonds is 2. The van der Waals surface area contributed by atoms with Gasteiger partial charge in [0.05, 0.1) is 5.01 Å². The molecule has 1 aromatic carbocycles. The molecule has 0 radical (unpaired) electrons. The standard InChI is InChI=1S/C12H12N2OS.C2H6/c1-7-4-3-5-9(6-7)10(15)11-12(13)14-8(2)16-11;1-2/h3-6H,13H2,1-2H3;1-2H3. The molecule has 0 saturated carbocycles. The van der Waals surface area contributed by atoms with Gasteiger partial charge < -0.3 is 5.73 Å². The minimum atomic E-state index is -0.0493. The minimum Gasteiger partial charge on any atom is -0.382 e. The highest BCUT2D eigenvalue weighted by Gasteiger charge is 2.16. The number of aromatic nitrogens is 1. The first-order valence-corrected chi connectivity index (χ1v) is 6.74. The van der Waals surface area contributed by atoms with E-state index >= 15 is 0 Å². The average Bonchev–Trinajstić information content (AvgIpc) is 2.70. The number of anilines is 1. The Morgan fingerprint density at radius 1 is 1.28 bits per heavy atom. The van der Waals surface area contributed by atoms with E-state index in [4.69, 9.17) is 5.73 Å². The van der Waals surface area contributed by atoms with E-state index in [1.54, 1.807) is 6.07 Å². The molecule has 18 heavy (non-hydrogen) atoms. The maximum absolute atomic E-state index is 12.1. The molecule has 0 saturated heterocycles. The van der Waals surface area contributed by atoms with Gasteiger partial charge in [-0.05, 0) is 19.9 Å². The summed E-state index contributed by atoms with van der Waals surface area (Å²) in [5, 5.41) is 0.813. The van der Waals surface area contributed by atoms with E-state index in [1.807, 2.05) is 45.9 Å². The maximum Gasteiger partial charge on any atom is 0.206 e. The first-order valence-electron chi connectivity index (χ1n) is 5.92. The normalized spacial score (nSPS) is 9.56. The molecule has 1 heterocycles. The van der Waals surface area contributed by atoms with Crippen molar-refractivity contribution in [2.24, 2.45) is 0 Å². The number of hydrogen-bond acceptors (Lipinski definition) is 4. The molecule has 0 atom stereocenters. The van der Waals surface area contributed by atoms with Crippen molar-refractivity contribution in [3.05, 3.63) is 45.3 Å². The number of benzene rings is 1. The van der Waals surface area contributed by atoms with E-state index < -0.39 is 0 Å². The molecule has 4 heteroatoms. The van der Waals surface area contributed by atoms with Crippen molar-refractivity contribution >= 4 is 22.9 Å². The van der Waals surface area contributed by atoms with Crippen molar-refractivity contribution < 1.29 is 4.79 Å². The van der Waals surface area contributed by atoms with Gasteiger partial charge in [-0.15, -0.1) is 11.3 Å². The van der Waals surface area contributed by atoms with Gasteiger partial charge in [-0.2, -0.15) is 0 Å². The van der Waals surface area contributed by atoms with Gasteiger partial charge in [-0.1, -0.05) is 37.6 Å². The van der Waals surface area contributed by atoms with Crippen molar-refractivity contribution in [1.82, 2.24) is 4.98 Å². The Kier molecular flexibility index (Phi) is 5.04. The SMILES string of the molecule is CC.Cc1cccc(C(=O)c2sc(C)nc2N)c1. The number of aryl methyl sites for hydroxylation is 2. The second-order valence-electron chi connectivity index (χ2n) is 3.65. The van der Waals surface area contributed by atoms with Gasteiger partial charge in [0, 0.05) is 5.56 Å². The highest BCUT2D eigenvalue weighted by Crippen LogP contribution is 2.23. The van der Waals surface area contributed by atoms with Crippen LogP contribution >= 0.6 is 11.3 Å². The molecule has 2 N–H and O–H groups in total. The molecule has 2 rings (SSSR count). The molecular formula is C14H18N2OS. The molecule has 0 aliphatic heterocycles. The fourth-order valence-corrected chi connectivity index (χ4v) is 2.32. The van der Waals surface area contributed by atoms with Gasteiger partial charge in [0.1, 0.15) is 10.7 Å². The zero-order valence-electron chi connectivity index (χ0n) is 11.2. The lowest BCUT2D eigenvalue weighted by Gasteiger charge is -1.99. The largest absolute Gasteiger partial charge is 0.382 e. The van der Waals surface area contributed by atoms with Crippen molar-refractivity contribution in [1.29, 1.82) is 0 Å². The number of carbonyl (C=O) groups is 1. The number of nitrogen functional groups attached to an aromatic ring is 1. The van der Waals surface area contributed by atoms with E-state index in [0.717, 1.165) is 10.6 Å². The maximum atomic E-state index is 12.1. The summed E-state index contributed by atoms with van der Waals surface area (Å²) in [4.78, 5) is 16.7. The lowest BCUT2D eigenvalue weighted by molar-refractivity contribution is 0.104. The Bertz CT molecular complexity index is 546. The fourth-order valence-electron chi connectivity index (χ4n) is 1.52. The first-order chi connectivity index (χ1) is 8.58. The van der Waals surface area contributed by atoms with Gasteiger partial charge in [-0.25, -0.2) is 4.98 Å². The number of ketones is 1. The summed E-state index contributed by atoms with van der Waals surface area (Å²) in [5.74, 6) is 0.279. The van der Waals surface area contributed by atoms with Gasteiger partial charge >= 0.3 is 0 Å². The molecule has 0 amide bonds. The van der Waals surface area contributed by atoms with Crippen molar-refractivity contribution in [2.45, 2.75) is 27.7 Å². The molecule has 2 aromatic rings. The molecule has 96 valence electrons. The van der Waals surface area contributed by atoms with Crippen LogP contribution in [0, 0.1) is 13.8 Å². The third-order valence-electron chi connectivity index (χ3n) is 2.25. The lowest BCUT2D eigenvalue weighted by Crippen LogP contribution is -2.02. The fraction of sp³-hybridized carbons (Fsp3) is 0.286. The summed E-state index contributed by atoms with van der Waals surface area (Å²) in [7, 11) is 0. The second kappa shape index (κ2) is 6.31. The second-order valence-corrected chi connectivity index (χ2v) is 4.85. The monoisotopic (exact) mass is 262 g/mol. The van der Waals surface area contributed by atoms with Crippen LogP contribution in [0.2, 0.25) is 0 Å². The van der Waals surface area contributed by atoms with E-state index in [-0.39, 0.29) is 5.78 Å². The van der Waals surface area contributed by atoms with Crippen LogP contribution in [0.1, 0.15) is 39.7 Å². The predicted molar refractivity (Wildman–Crippen MR) is 77.2 cm³/mol. The Labute approximate surface area is 112 Å². The molecule has 1 aromatic heterocycles. The van der Waals surface area contributed by atoms with E-state index in [1.165, 1.54) is 11.3 Å². The van der Waals surface area contributed by atoms with Gasteiger partial charge in [-0.3, -0.25) is 4.79 Å². The Morgan fingerprint density at radius 3 is 2.44 bits per heavy atom. The topological polar surface area (TPSA) is 56.0 Å². The molecule has 0 aliphatic rings.